The van der Waals surface area contributed by atoms with Gasteiger partial charge in [-0.1, -0.05) is 11.6 Å². The molecule has 0 saturated heterocycles. The second kappa shape index (κ2) is 5.54. The van der Waals surface area contributed by atoms with Crippen LogP contribution in [0.4, 0.5) is 10.1 Å². The summed E-state index contributed by atoms with van der Waals surface area (Å²) in [6, 6.07) is 5.27. The zero-order valence-corrected chi connectivity index (χ0v) is 11.8. The summed E-state index contributed by atoms with van der Waals surface area (Å²) < 4.78 is 14.9. The molecule has 20 heavy (non-hydrogen) atoms. The first-order valence-electron chi connectivity index (χ1n) is 6.05. The van der Waals surface area contributed by atoms with E-state index in [-0.39, 0.29) is 11.7 Å². The van der Waals surface area contributed by atoms with E-state index in [4.69, 9.17) is 16.7 Å². The van der Waals surface area contributed by atoms with Crippen LogP contribution in [0.5, 0.6) is 5.75 Å². The van der Waals surface area contributed by atoms with Crippen molar-refractivity contribution in [2.24, 2.45) is 0 Å². The van der Waals surface area contributed by atoms with Crippen LogP contribution in [0, 0.1) is 5.82 Å². The Morgan fingerprint density at radius 2 is 2.10 bits per heavy atom. The smallest absolute Gasteiger partial charge is 0.272 e. The summed E-state index contributed by atoms with van der Waals surface area (Å²) in [5.74, 6) is -1.65. The number of amides is 1. The van der Waals surface area contributed by atoms with Crippen LogP contribution in [-0.2, 0) is 0 Å². The van der Waals surface area contributed by atoms with Crippen LogP contribution in [0.3, 0.4) is 0 Å². The number of hydrogen-bond donors (Lipinski definition) is 2. The van der Waals surface area contributed by atoms with E-state index < -0.39 is 17.5 Å². The number of nitrogens with one attached hydrogen (secondary N) is 1. The van der Waals surface area contributed by atoms with E-state index in [1.165, 1.54) is 12.1 Å². The van der Waals surface area contributed by atoms with E-state index in [2.05, 4.69) is 5.32 Å². The summed E-state index contributed by atoms with van der Waals surface area (Å²) in [5, 5.41) is 12.1. The van der Waals surface area contributed by atoms with Crippen LogP contribution in [0.25, 0.3) is 0 Å². The summed E-state index contributed by atoms with van der Waals surface area (Å²) in [7, 11) is 0. The molecule has 0 spiro atoms. The van der Waals surface area contributed by atoms with Crippen molar-refractivity contribution in [3.05, 3.63) is 47.0 Å². The average Bonchev–Trinajstić information content (AvgIpc) is 2.76. The Hall–Kier alpha value is -2.01. The molecule has 0 aliphatic carbocycles. The minimum absolute atomic E-state index is 0.0693. The summed E-state index contributed by atoms with van der Waals surface area (Å²) in [4.78, 5) is 12.2. The predicted octanol–water partition coefficient (Wildman–Crippen LogP) is 3.82. The first kappa shape index (κ1) is 14.4. The van der Waals surface area contributed by atoms with Crippen molar-refractivity contribution in [1.82, 2.24) is 4.57 Å². The molecule has 0 aliphatic rings. The van der Waals surface area contributed by atoms with Crippen molar-refractivity contribution in [2.75, 3.05) is 5.32 Å². The molecule has 0 aliphatic heterocycles. The van der Waals surface area contributed by atoms with Crippen molar-refractivity contribution in [2.45, 2.75) is 19.9 Å². The Bertz CT molecular complexity index is 653. The minimum atomic E-state index is -0.792. The highest BCUT2D eigenvalue weighted by Crippen LogP contribution is 2.22. The van der Waals surface area contributed by atoms with Crippen molar-refractivity contribution >= 4 is 23.2 Å². The van der Waals surface area contributed by atoms with E-state index in [1.54, 1.807) is 16.8 Å². The van der Waals surface area contributed by atoms with Gasteiger partial charge in [-0.05, 0) is 32.0 Å². The third kappa shape index (κ3) is 2.93. The van der Waals surface area contributed by atoms with Gasteiger partial charge in [0.25, 0.3) is 5.91 Å². The van der Waals surface area contributed by atoms with Crippen molar-refractivity contribution in [3.8, 4) is 5.75 Å². The number of carbonyl (C=O) groups excluding carboxylic acids is 1. The molecule has 2 aromatic rings. The molecule has 1 amide bonds. The Morgan fingerprint density at radius 1 is 1.40 bits per heavy atom. The number of nitrogens with zero attached hydrogens (tertiary/aromatic N) is 1. The Labute approximate surface area is 120 Å². The number of anilines is 1. The number of rotatable bonds is 3. The highest BCUT2D eigenvalue weighted by molar-refractivity contribution is 6.31. The Morgan fingerprint density at radius 3 is 2.70 bits per heavy atom. The normalized spacial score (nSPS) is 10.8. The van der Waals surface area contributed by atoms with Gasteiger partial charge in [0, 0.05) is 24.0 Å². The largest absolute Gasteiger partial charge is 0.505 e. The number of phenols is 1. The summed E-state index contributed by atoms with van der Waals surface area (Å²) >= 11 is 5.91. The lowest BCUT2D eigenvalue weighted by molar-refractivity contribution is 0.101. The third-order valence-electron chi connectivity index (χ3n) is 2.81. The molecule has 6 heteroatoms. The fourth-order valence-corrected chi connectivity index (χ4v) is 2.04. The molecule has 1 heterocycles. The average molecular weight is 297 g/mol. The lowest BCUT2D eigenvalue weighted by Crippen LogP contribution is -2.17. The van der Waals surface area contributed by atoms with Crippen molar-refractivity contribution in [3.63, 3.8) is 0 Å². The second-order valence-corrected chi connectivity index (χ2v) is 5.10. The fraction of sp³-hybridized carbons (Fsp3) is 0.214. The van der Waals surface area contributed by atoms with Crippen LogP contribution in [0.2, 0.25) is 5.02 Å². The minimum Gasteiger partial charge on any atom is -0.505 e. The van der Waals surface area contributed by atoms with E-state index in [0.29, 0.717) is 10.7 Å². The molecule has 0 fully saturated rings. The fourth-order valence-electron chi connectivity index (χ4n) is 1.83. The maximum atomic E-state index is 13.2. The van der Waals surface area contributed by atoms with Gasteiger partial charge in [-0.25, -0.2) is 4.39 Å². The molecule has 1 aromatic heterocycles. The summed E-state index contributed by atoms with van der Waals surface area (Å²) in [5.41, 5.74) is 0.649. The molecule has 2 N–H and O–H groups in total. The van der Waals surface area contributed by atoms with Gasteiger partial charge in [0.05, 0.1) is 5.02 Å². The van der Waals surface area contributed by atoms with Crippen LogP contribution < -0.4 is 5.32 Å². The Balaban J connectivity index is 2.26. The molecular weight excluding hydrogens is 283 g/mol. The van der Waals surface area contributed by atoms with Crippen LogP contribution >= 0.6 is 11.6 Å². The van der Waals surface area contributed by atoms with E-state index >= 15 is 0 Å². The van der Waals surface area contributed by atoms with E-state index in [0.717, 1.165) is 6.07 Å². The zero-order valence-electron chi connectivity index (χ0n) is 11.0. The van der Waals surface area contributed by atoms with Gasteiger partial charge < -0.3 is 15.0 Å². The number of aromatic hydroxyl groups is 1. The highest BCUT2D eigenvalue weighted by atomic mass is 35.5. The number of aromatic nitrogens is 1. The summed E-state index contributed by atoms with van der Waals surface area (Å²) in [6.07, 6.45) is 1.67. The number of phenolic OH excluding ortho intramolecular Hbond substituents is 1. The maximum absolute atomic E-state index is 13.2. The molecule has 0 radical (unpaired) electrons. The highest BCUT2D eigenvalue weighted by Gasteiger charge is 2.15. The molecule has 0 atom stereocenters. The quantitative estimate of drug-likeness (QED) is 0.846. The number of halogens is 2. The van der Waals surface area contributed by atoms with Gasteiger partial charge in [-0.2, -0.15) is 0 Å². The number of benzene rings is 1. The first-order chi connectivity index (χ1) is 9.38. The zero-order chi connectivity index (χ0) is 14.9. The standard InChI is InChI=1S/C14H14ClFN2O2/c1-8(2)18-7-9(15)5-12(18)14(20)17-10-3-4-13(19)11(16)6-10/h3-8,19H,1-2H3,(H,17,20). The van der Waals surface area contributed by atoms with Crippen LogP contribution in [0.1, 0.15) is 30.4 Å². The van der Waals surface area contributed by atoms with Crippen LogP contribution in [0.15, 0.2) is 30.5 Å². The molecule has 2 rings (SSSR count). The number of hydrogen-bond acceptors (Lipinski definition) is 2. The maximum Gasteiger partial charge on any atom is 0.272 e. The molecule has 4 nitrogen and oxygen atoms in total. The monoisotopic (exact) mass is 296 g/mol. The van der Waals surface area contributed by atoms with E-state index in [9.17, 15) is 9.18 Å². The first-order valence-corrected chi connectivity index (χ1v) is 6.43. The predicted molar refractivity (Wildman–Crippen MR) is 75.8 cm³/mol. The van der Waals surface area contributed by atoms with E-state index in [1.807, 2.05) is 13.8 Å². The Kier molecular flexibility index (Phi) is 3.99. The van der Waals surface area contributed by atoms with Crippen molar-refractivity contribution < 1.29 is 14.3 Å². The molecule has 1 aromatic carbocycles. The van der Waals surface area contributed by atoms with Crippen molar-refractivity contribution in [1.29, 1.82) is 0 Å². The SMILES string of the molecule is CC(C)n1cc(Cl)cc1C(=O)Nc1ccc(O)c(F)c1. The van der Waals surface area contributed by atoms with Gasteiger partial charge in [0.2, 0.25) is 0 Å². The topological polar surface area (TPSA) is 54.3 Å². The second-order valence-electron chi connectivity index (χ2n) is 4.66. The molecule has 0 saturated carbocycles. The third-order valence-corrected chi connectivity index (χ3v) is 3.02. The molecule has 0 unspecified atom stereocenters. The van der Waals surface area contributed by atoms with Gasteiger partial charge in [0.15, 0.2) is 11.6 Å². The lowest BCUT2D eigenvalue weighted by atomic mass is 10.2. The summed E-state index contributed by atoms with van der Waals surface area (Å²) in [6.45, 7) is 3.85. The molecular formula is C14H14ClFN2O2. The molecule has 106 valence electrons. The lowest BCUT2D eigenvalue weighted by Gasteiger charge is -2.12. The van der Waals surface area contributed by atoms with Crippen LogP contribution in [-0.4, -0.2) is 15.6 Å². The van der Waals surface area contributed by atoms with Gasteiger partial charge >= 0.3 is 0 Å². The van der Waals surface area contributed by atoms with Gasteiger partial charge in [-0.15, -0.1) is 0 Å². The number of carbonyl (C=O) groups is 1. The van der Waals surface area contributed by atoms with Gasteiger partial charge in [-0.3, -0.25) is 4.79 Å². The van der Waals surface area contributed by atoms with Gasteiger partial charge in [0.1, 0.15) is 5.69 Å². The molecule has 0 bridgehead atoms.